The average molecular weight is 263 g/mol. The van der Waals surface area contributed by atoms with Crippen LogP contribution in [0.1, 0.15) is 13.3 Å². The smallest absolute Gasteiger partial charge is 0.495 e. The minimum absolute atomic E-state index is 0.0336. The monoisotopic (exact) mass is 263 g/mol. The summed E-state index contributed by atoms with van der Waals surface area (Å²) in [7, 11) is 0.606. The van der Waals surface area contributed by atoms with Gasteiger partial charge in [0.25, 0.3) is 0 Å². The third-order valence-corrected chi connectivity index (χ3v) is 2.92. The first-order valence-corrected chi connectivity index (χ1v) is 5.94. The Hall–Kier alpha value is -1.89. The molecule has 100 valence electrons. The standard InChI is InChI=1S/C12H14BNO5/c1-8(15)9-3-4-10(5-9)13-18-11(16)6-14(2)7-12(17)19-13/h3-4H,5-7H2,1-2H3. The van der Waals surface area contributed by atoms with Crippen LogP contribution in [0.15, 0.2) is 23.2 Å². The number of allylic oxidation sites excluding steroid dienone is 4. The number of hydrogen-bond acceptors (Lipinski definition) is 6. The van der Waals surface area contributed by atoms with Gasteiger partial charge in [-0.1, -0.05) is 12.2 Å². The van der Waals surface area contributed by atoms with Gasteiger partial charge < -0.3 is 9.31 Å². The molecule has 0 aromatic carbocycles. The van der Waals surface area contributed by atoms with Crippen LogP contribution in [0.4, 0.5) is 0 Å². The molecule has 0 N–H and O–H groups in total. The van der Waals surface area contributed by atoms with Crippen molar-refractivity contribution in [2.75, 3.05) is 20.1 Å². The second-order valence-electron chi connectivity index (χ2n) is 4.65. The van der Waals surface area contributed by atoms with Gasteiger partial charge in [0.05, 0.1) is 13.1 Å². The highest BCUT2D eigenvalue weighted by Crippen LogP contribution is 2.23. The van der Waals surface area contributed by atoms with Crippen molar-refractivity contribution >= 4 is 24.8 Å². The highest BCUT2D eigenvalue weighted by Gasteiger charge is 2.37. The van der Waals surface area contributed by atoms with Crippen LogP contribution >= 0.6 is 0 Å². The topological polar surface area (TPSA) is 72.9 Å². The number of hydrogen-bond donors (Lipinski definition) is 0. The second kappa shape index (κ2) is 5.40. The summed E-state index contributed by atoms with van der Waals surface area (Å²) in [4.78, 5) is 35.9. The molecule has 7 heteroatoms. The van der Waals surface area contributed by atoms with E-state index in [2.05, 4.69) is 0 Å². The van der Waals surface area contributed by atoms with Gasteiger partial charge in [-0.25, -0.2) is 0 Å². The van der Waals surface area contributed by atoms with Crippen molar-refractivity contribution in [2.45, 2.75) is 13.3 Å². The van der Waals surface area contributed by atoms with Gasteiger partial charge in [-0.3, -0.25) is 19.3 Å². The minimum Gasteiger partial charge on any atom is -0.495 e. The molecule has 0 aromatic rings. The maximum Gasteiger partial charge on any atom is 0.632 e. The van der Waals surface area contributed by atoms with Crippen molar-refractivity contribution < 1.29 is 23.7 Å². The zero-order chi connectivity index (χ0) is 14.0. The minimum atomic E-state index is -1.03. The summed E-state index contributed by atoms with van der Waals surface area (Å²) in [6.07, 6.45) is 3.66. The van der Waals surface area contributed by atoms with Gasteiger partial charge in [0, 0.05) is 0 Å². The molecule has 0 radical (unpaired) electrons. The lowest BCUT2D eigenvalue weighted by Gasteiger charge is -2.23. The van der Waals surface area contributed by atoms with Gasteiger partial charge >= 0.3 is 19.1 Å². The highest BCUT2D eigenvalue weighted by atomic mass is 16.6. The van der Waals surface area contributed by atoms with Crippen LogP contribution in [-0.2, 0) is 23.7 Å². The van der Waals surface area contributed by atoms with E-state index >= 15 is 0 Å². The zero-order valence-electron chi connectivity index (χ0n) is 10.8. The van der Waals surface area contributed by atoms with E-state index in [4.69, 9.17) is 9.31 Å². The average Bonchev–Trinajstić information content (AvgIpc) is 2.74. The largest absolute Gasteiger partial charge is 0.632 e. The number of likely N-dealkylation sites (N-methyl/N-ethyl adjacent to an activating group) is 1. The van der Waals surface area contributed by atoms with Gasteiger partial charge in [0.2, 0.25) is 0 Å². The zero-order valence-corrected chi connectivity index (χ0v) is 10.8. The van der Waals surface area contributed by atoms with Crippen LogP contribution < -0.4 is 0 Å². The van der Waals surface area contributed by atoms with Gasteiger partial charge in [-0.15, -0.1) is 0 Å². The van der Waals surface area contributed by atoms with E-state index < -0.39 is 19.1 Å². The van der Waals surface area contributed by atoms with Gasteiger partial charge in [-0.2, -0.15) is 0 Å². The van der Waals surface area contributed by atoms with E-state index in [0.29, 0.717) is 17.5 Å². The maximum absolute atomic E-state index is 11.6. The quantitative estimate of drug-likeness (QED) is 0.647. The molecule has 1 aliphatic heterocycles. The first-order chi connectivity index (χ1) is 8.95. The molecule has 1 fully saturated rings. The fraction of sp³-hybridized carbons (Fsp3) is 0.417. The third kappa shape index (κ3) is 3.32. The number of carbonyl (C=O) groups is 3. The number of Topliss-reactive ketones (excluding diaryl/α,β-unsaturated/α-hetero) is 1. The predicted molar refractivity (Wildman–Crippen MR) is 66.9 cm³/mol. The molecule has 1 aliphatic carbocycles. The number of rotatable bonds is 2. The third-order valence-electron chi connectivity index (χ3n) is 2.92. The number of nitrogens with zero attached hydrogens (tertiary/aromatic N) is 1. The van der Waals surface area contributed by atoms with Crippen LogP contribution in [0.25, 0.3) is 0 Å². The van der Waals surface area contributed by atoms with Crippen LogP contribution in [0.2, 0.25) is 0 Å². The summed E-state index contributed by atoms with van der Waals surface area (Å²) >= 11 is 0. The molecule has 1 saturated heterocycles. The van der Waals surface area contributed by atoms with Crippen molar-refractivity contribution in [1.29, 1.82) is 0 Å². The number of carbonyl (C=O) groups excluding carboxylic acids is 3. The summed E-state index contributed by atoms with van der Waals surface area (Å²) < 4.78 is 10.2. The molecular formula is C12H14BNO5. The lowest BCUT2D eigenvalue weighted by Crippen LogP contribution is -2.43. The van der Waals surface area contributed by atoms with Crippen LogP contribution in [0, 0.1) is 0 Å². The van der Waals surface area contributed by atoms with Crippen molar-refractivity contribution in [3.05, 3.63) is 23.2 Å². The van der Waals surface area contributed by atoms with E-state index in [1.165, 1.54) is 11.8 Å². The Balaban J connectivity index is 2.06. The summed E-state index contributed by atoms with van der Waals surface area (Å²) in [5.41, 5.74) is 1.22. The Morgan fingerprint density at radius 2 is 1.79 bits per heavy atom. The SMILES string of the molecule is CC(=O)C1=CC=C(B2OC(=O)CN(C)CC(=O)O2)C1. The Bertz CT molecular complexity index is 476. The molecule has 0 atom stereocenters. The molecule has 1 heterocycles. The maximum atomic E-state index is 11.6. The normalized spacial score (nSPS) is 21.1. The van der Waals surface area contributed by atoms with Gasteiger partial charge in [0.1, 0.15) is 0 Å². The molecule has 6 nitrogen and oxygen atoms in total. The molecule has 0 unspecified atom stereocenters. The van der Waals surface area contributed by atoms with E-state index in [-0.39, 0.29) is 18.9 Å². The number of ketones is 1. The first kappa shape index (κ1) is 13.5. The second-order valence-corrected chi connectivity index (χ2v) is 4.65. The predicted octanol–water partition coefficient (Wildman–Crippen LogP) is -0.109. The van der Waals surface area contributed by atoms with Crippen molar-refractivity contribution in [1.82, 2.24) is 4.90 Å². The lowest BCUT2D eigenvalue weighted by molar-refractivity contribution is -0.145. The van der Waals surface area contributed by atoms with Crippen LogP contribution in [0.5, 0.6) is 0 Å². The molecule has 0 bridgehead atoms. The summed E-state index contributed by atoms with van der Waals surface area (Å²) in [6.45, 7) is 1.53. The highest BCUT2D eigenvalue weighted by molar-refractivity contribution is 6.58. The fourth-order valence-electron chi connectivity index (χ4n) is 1.93. The van der Waals surface area contributed by atoms with E-state index in [0.717, 1.165) is 0 Å². The van der Waals surface area contributed by atoms with Crippen molar-refractivity contribution in [3.8, 4) is 0 Å². The molecule has 0 saturated carbocycles. The fourth-order valence-corrected chi connectivity index (χ4v) is 1.93. The summed E-state index contributed by atoms with van der Waals surface area (Å²) in [6, 6.07) is 0. The van der Waals surface area contributed by atoms with Crippen molar-refractivity contribution in [3.63, 3.8) is 0 Å². The van der Waals surface area contributed by atoms with Crippen molar-refractivity contribution in [2.24, 2.45) is 0 Å². The molecule has 19 heavy (non-hydrogen) atoms. The summed E-state index contributed by atoms with van der Waals surface area (Å²) in [5.74, 6) is -0.969. The molecule has 0 aromatic heterocycles. The lowest BCUT2D eigenvalue weighted by atomic mass is 9.76. The Labute approximate surface area is 111 Å². The van der Waals surface area contributed by atoms with E-state index in [9.17, 15) is 14.4 Å². The van der Waals surface area contributed by atoms with E-state index in [1.807, 2.05) is 0 Å². The van der Waals surface area contributed by atoms with Gasteiger partial charge in [0.15, 0.2) is 5.78 Å². The van der Waals surface area contributed by atoms with Crippen LogP contribution in [-0.4, -0.2) is 49.9 Å². The Morgan fingerprint density at radius 1 is 1.21 bits per heavy atom. The first-order valence-electron chi connectivity index (χ1n) is 5.94. The van der Waals surface area contributed by atoms with Crippen LogP contribution in [0.3, 0.4) is 0 Å². The molecule has 2 aliphatic rings. The molecule has 0 spiro atoms. The molecule has 0 amide bonds. The molecular weight excluding hydrogens is 249 g/mol. The Kier molecular flexibility index (Phi) is 3.85. The molecule has 2 rings (SSSR count). The summed E-state index contributed by atoms with van der Waals surface area (Å²) in [5, 5.41) is 0. The Morgan fingerprint density at radius 3 is 2.26 bits per heavy atom. The van der Waals surface area contributed by atoms with E-state index in [1.54, 1.807) is 19.2 Å². The van der Waals surface area contributed by atoms with Gasteiger partial charge in [-0.05, 0) is 31.4 Å².